The molecule has 0 aromatic carbocycles. The van der Waals surface area contributed by atoms with E-state index in [1.54, 1.807) is 0 Å². The summed E-state index contributed by atoms with van der Waals surface area (Å²) in [4.78, 5) is 0. The first kappa shape index (κ1) is 23.3. The van der Waals surface area contributed by atoms with Crippen molar-refractivity contribution in [3.63, 3.8) is 0 Å². The van der Waals surface area contributed by atoms with Crippen molar-refractivity contribution in [1.29, 1.82) is 0 Å². The first-order valence-electron chi connectivity index (χ1n) is 10.5. The molecule has 0 aliphatic heterocycles. The maximum absolute atomic E-state index is 5.85. The first-order valence-corrected chi connectivity index (χ1v) is 11.2. The van der Waals surface area contributed by atoms with Crippen LogP contribution in [0.25, 0.3) is 0 Å². The number of thiol groups is 1. The van der Waals surface area contributed by atoms with Crippen LogP contribution < -0.4 is 0 Å². The van der Waals surface area contributed by atoms with Crippen molar-refractivity contribution in [2.24, 2.45) is 0 Å². The molecule has 0 fully saturated rings. The van der Waals surface area contributed by atoms with E-state index in [4.69, 9.17) is 4.74 Å². The second-order valence-corrected chi connectivity index (χ2v) is 7.59. The molecule has 0 saturated heterocycles. The lowest BCUT2D eigenvalue weighted by Crippen LogP contribution is -2.09. The van der Waals surface area contributed by atoms with E-state index in [0.717, 1.165) is 12.4 Å². The molecule has 0 aromatic rings. The molecular formula is C21H44OS. The van der Waals surface area contributed by atoms with Gasteiger partial charge in [0.25, 0.3) is 0 Å². The summed E-state index contributed by atoms with van der Waals surface area (Å²) in [6, 6.07) is 0. The van der Waals surface area contributed by atoms with Crippen molar-refractivity contribution in [1.82, 2.24) is 0 Å². The summed E-state index contributed by atoms with van der Waals surface area (Å²) in [5, 5.41) is 0. The quantitative estimate of drug-likeness (QED) is 0.188. The molecule has 0 aromatic heterocycles. The van der Waals surface area contributed by atoms with E-state index in [-0.39, 0.29) is 0 Å². The van der Waals surface area contributed by atoms with Crippen molar-refractivity contribution in [3.8, 4) is 0 Å². The van der Waals surface area contributed by atoms with Gasteiger partial charge in [0.05, 0.1) is 6.10 Å². The molecule has 0 saturated carbocycles. The largest absolute Gasteiger partial charge is 0.379 e. The van der Waals surface area contributed by atoms with Gasteiger partial charge in [-0.3, -0.25) is 0 Å². The molecule has 1 nitrogen and oxygen atoms in total. The Bertz CT molecular complexity index is 208. The molecule has 0 N–H and O–H groups in total. The minimum Gasteiger partial charge on any atom is -0.379 e. The Balaban J connectivity index is 3.07. The fraction of sp³-hybridized carbons (Fsp3) is 1.00. The van der Waals surface area contributed by atoms with Gasteiger partial charge in [-0.15, -0.1) is 0 Å². The molecule has 1 unspecified atom stereocenters. The highest BCUT2D eigenvalue weighted by molar-refractivity contribution is 7.80. The van der Waals surface area contributed by atoms with E-state index in [0.29, 0.717) is 6.10 Å². The average Bonchev–Trinajstić information content (AvgIpc) is 2.56. The fourth-order valence-corrected chi connectivity index (χ4v) is 3.25. The van der Waals surface area contributed by atoms with E-state index >= 15 is 0 Å². The zero-order chi connectivity index (χ0) is 17.0. The van der Waals surface area contributed by atoms with Crippen molar-refractivity contribution in [2.75, 3.05) is 12.4 Å². The molecule has 0 radical (unpaired) electrons. The van der Waals surface area contributed by atoms with Crippen molar-refractivity contribution < 1.29 is 4.74 Å². The van der Waals surface area contributed by atoms with Gasteiger partial charge in [0.2, 0.25) is 0 Å². The first-order chi connectivity index (χ1) is 11.3. The molecule has 140 valence electrons. The summed E-state index contributed by atoms with van der Waals surface area (Å²) in [7, 11) is 0. The summed E-state index contributed by atoms with van der Waals surface area (Å²) in [5.41, 5.74) is 0. The third kappa shape index (κ3) is 20.3. The Labute approximate surface area is 152 Å². The fourth-order valence-electron chi connectivity index (χ4n) is 3.03. The molecular weight excluding hydrogens is 300 g/mol. The van der Waals surface area contributed by atoms with Crippen molar-refractivity contribution >= 4 is 12.6 Å². The van der Waals surface area contributed by atoms with E-state index in [1.807, 2.05) is 0 Å². The number of hydrogen-bond donors (Lipinski definition) is 1. The highest BCUT2D eigenvalue weighted by Crippen LogP contribution is 2.13. The third-order valence-electron chi connectivity index (χ3n) is 4.67. The molecule has 0 spiro atoms. The van der Waals surface area contributed by atoms with Crippen LogP contribution in [0.1, 0.15) is 117 Å². The summed E-state index contributed by atoms with van der Waals surface area (Å²) in [6.45, 7) is 5.44. The lowest BCUT2D eigenvalue weighted by molar-refractivity contribution is 0.0559. The van der Waals surface area contributed by atoms with Gasteiger partial charge in [-0.2, -0.15) is 12.6 Å². The molecule has 0 bridgehead atoms. The number of hydrogen-bond acceptors (Lipinski definition) is 2. The van der Waals surface area contributed by atoms with Crippen LogP contribution >= 0.6 is 12.6 Å². The van der Waals surface area contributed by atoms with Gasteiger partial charge in [-0.05, 0) is 31.9 Å². The van der Waals surface area contributed by atoms with Crippen LogP contribution in [-0.4, -0.2) is 18.5 Å². The van der Waals surface area contributed by atoms with Gasteiger partial charge >= 0.3 is 0 Å². The third-order valence-corrected chi connectivity index (χ3v) is 4.99. The topological polar surface area (TPSA) is 9.23 Å². The molecule has 0 amide bonds. The van der Waals surface area contributed by atoms with Gasteiger partial charge in [0, 0.05) is 6.61 Å². The highest BCUT2D eigenvalue weighted by atomic mass is 32.1. The summed E-state index contributed by atoms with van der Waals surface area (Å²) < 4.78 is 5.85. The Kier molecular flexibility index (Phi) is 20.6. The Morgan fingerprint density at radius 1 is 0.652 bits per heavy atom. The van der Waals surface area contributed by atoms with Crippen LogP contribution in [0.4, 0.5) is 0 Å². The van der Waals surface area contributed by atoms with Crippen LogP contribution in [0, 0.1) is 0 Å². The molecule has 1 atom stereocenters. The molecule has 23 heavy (non-hydrogen) atoms. The molecule has 0 heterocycles. The predicted molar refractivity (Wildman–Crippen MR) is 109 cm³/mol. The molecule has 0 aliphatic rings. The lowest BCUT2D eigenvalue weighted by Gasteiger charge is -2.12. The summed E-state index contributed by atoms with van der Waals surface area (Å²) in [5.74, 6) is 1.06. The number of rotatable bonds is 19. The van der Waals surface area contributed by atoms with E-state index in [9.17, 15) is 0 Å². The highest BCUT2D eigenvalue weighted by Gasteiger charge is 2.01. The molecule has 0 rings (SSSR count). The monoisotopic (exact) mass is 344 g/mol. The van der Waals surface area contributed by atoms with Gasteiger partial charge in [-0.1, -0.05) is 90.4 Å². The standard InChI is InChI=1S/C21H44OS/c1-3-4-16-19-22-21(2)18-15-13-11-9-7-5-6-8-10-12-14-17-20-23/h21,23H,3-20H2,1-2H3. The van der Waals surface area contributed by atoms with Crippen LogP contribution in [0.2, 0.25) is 0 Å². The van der Waals surface area contributed by atoms with Crippen LogP contribution in [0.15, 0.2) is 0 Å². The van der Waals surface area contributed by atoms with Crippen LogP contribution in [0.5, 0.6) is 0 Å². The molecule has 0 aliphatic carbocycles. The maximum atomic E-state index is 5.85. The Hall–Kier alpha value is 0.310. The Morgan fingerprint density at radius 2 is 1.13 bits per heavy atom. The SMILES string of the molecule is CCCCCOC(C)CCCCCCCCCCCCCCS. The van der Waals surface area contributed by atoms with Gasteiger partial charge in [-0.25, -0.2) is 0 Å². The van der Waals surface area contributed by atoms with Gasteiger partial charge in [0.15, 0.2) is 0 Å². The maximum Gasteiger partial charge on any atom is 0.0547 e. The minimum atomic E-state index is 0.467. The van der Waals surface area contributed by atoms with Gasteiger partial charge in [0.1, 0.15) is 0 Å². The second kappa shape index (κ2) is 20.4. The van der Waals surface area contributed by atoms with Gasteiger partial charge < -0.3 is 4.74 Å². The summed E-state index contributed by atoms with van der Waals surface area (Å²) in [6.07, 6.45) is 22.5. The smallest absolute Gasteiger partial charge is 0.0547 e. The van der Waals surface area contributed by atoms with Crippen molar-refractivity contribution in [2.45, 2.75) is 123 Å². The predicted octanol–water partition coefficient (Wildman–Crippen LogP) is 7.58. The number of ether oxygens (including phenoxy) is 1. The summed E-state index contributed by atoms with van der Waals surface area (Å²) >= 11 is 4.25. The second-order valence-electron chi connectivity index (χ2n) is 7.14. The Morgan fingerprint density at radius 3 is 1.61 bits per heavy atom. The van der Waals surface area contributed by atoms with Crippen LogP contribution in [0.3, 0.4) is 0 Å². The van der Waals surface area contributed by atoms with E-state index < -0.39 is 0 Å². The molecule has 2 heteroatoms. The normalized spacial score (nSPS) is 12.7. The zero-order valence-corrected chi connectivity index (χ0v) is 17.1. The van der Waals surface area contributed by atoms with Crippen molar-refractivity contribution in [3.05, 3.63) is 0 Å². The number of unbranched alkanes of at least 4 members (excludes halogenated alkanes) is 13. The zero-order valence-electron chi connectivity index (χ0n) is 16.2. The average molecular weight is 345 g/mol. The van der Waals surface area contributed by atoms with E-state index in [1.165, 1.54) is 103 Å². The lowest BCUT2D eigenvalue weighted by atomic mass is 10.0. The van der Waals surface area contributed by atoms with Crippen LogP contribution in [-0.2, 0) is 4.74 Å². The minimum absolute atomic E-state index is 0.467. The van der Waals surface area contributed by atoms with E-state index in [2.05, 4.69) is 26.5 Å².